The molecule has 1 heterocycles. The third kappa shape index (κ3) is 3.69. The van der Waals surface area contributed by atoms with Crippen molar-refractivity contribution >= 4 is 11.9 Å². The Morgan fingerprint density at radius 3 is 2.72 bits per heavy atom. The zero-order chi connectivity index (χ0) is 12.8. The summed E-state index contributed by atoms with van der Waals surface area (Å²) in [5, 5.41) is 3.21. The molecule has 1 aromatic heterocycles. The number of aryl methyl sites for hydroxylation is 1. The minimum absolute atomic E-state index is 0.239. The van der Waals surface area contributed by atoms with Crippen molar-refractivity contribution < 1.29 is 0 Å². The van der Waals surface area contributed by atoms with Crippen molar-refractivity contribution in [3.63, 3.8) is 0 Å². The Kier molecular flexibility index (Phi) is 4.06. The van der Waals surface area contributed by atoms with Crippen molar-refractivity contribution in [3.8, 4) is 0 Å². The normalized spacial score (nSPS) is 12.1. The van der Waals surface area contributed by atoms with Crippen LogP contribution in [-0.4, -0.2) is 21.0 Å². The molecular formula is C13H17N5. The standard InChI is InChI=1S/C13H17N5/c1-10(7-8-11-5-3-2-4-6-11)17-13-16-9-15-12(14)18-13/h2-6,9-10H,7-8H2,1H3,(H3,14,15,16,17,18). The summed E-state index contributed by atoms with van der Waals surface area (Å²) in [6.45, 7) is 2.10. The Balaban J connectivity index is 1.84. The lowest BCUT2D eigenvalue weighted by Gasteiger charge is -2.13. The van der Waals surface area contributed by atoms with E-state index in [4.69, 9.17) is 5.73 Å². The second-order valence-electron chi connectivity index (χ2n) is 4.24. The van der Waals surface area contributed by atoms with E-state index in [1.54, 1.807) is 0 Å². The summed E-state index contributed by atoms with van der Waals surface area (Å²) in [5.41, 5.74) is 6.83. The second-order valence-corrected chi connectivity index (χ2v) is 4.24. The van der Waals surface area contributed by atoms with Gasteiger partial charge in [0.1, 0.15) is 6.33 Å². The number of benzene rings is 1. The molecular weight excluding hydrogens is 226 g/mol. The molecule has 0 amide bonds. The predicted octanol–water partition coefficient (Wildman–Crippen LogP) is 1.89. The molecule has 0 saturated carbocycles. The summed E-state index contributed by atoms with van der Waals surface area (Å²) in [4.78, 5) is 11.8. The maximum Gasteiger partial charge on any atom is 0.227 e. The highest BCUT2D eigenvalue weighted by atomic mass is 15.2. The fourth-order valence-electron chi connectivity index (χ4n) is 1.70. The van der Waals surface area contributed by atoms with Crippen LogP contribution in [0.5, 0.6) is 0 Å². The number of anilines is 2. The van der Waals surface area contributed by atoms with Gasteiger partial charge in [0.25, 0.3) is 0 Å². The molecule has 5 nitrogen and oxygen atoms in total. The first kappa shape index (κ1) is 12.3. The number of rotatable bonds is 5. The van der Waals surface area contributed by atoms with Crippen molar-refractivity contribution in [1.82, 2.24) is 15.0 Å². The Morgan fingerprint density at radius 2 is 2.00 bits per heavy atom. The maximum atomic E-state index is 5.50. The Hall–Kier alpha value is -2.17. The average Bonchev–Trinajstić information content (AvgIpc) is 2.38. The number of nitrogen functional groups attached to an aromatic ring is 1. The first-order valence-corrected chi connectivity index (χ1v) is 5.99. The molecule has 94 valence electrons. The van der Waals surface area contributed by atoms with E-state index in [0.717, 1.165) is 12.8 Å². The molecule has 0 spiro atoms. The summed E-state index contributed by atoms with van der Waals surface area (Å²) >= 11 is 0. The van der Waals surface area contributed by atoms with Crippen molar-refractivity contribution in [2.45, 2.75) is 25.8 Å². The molecule has 1 atom stereocenters. The van der Waals surface area contributed by atoms with Gasteiger partial charge in [-0.05, 0) is 25.3 Å². The quantitative estimate of drug-likeness (QED) is 0.838. The van der Waals surface area contributed by atoms with E-state index in [1.807, 2.05) is 6.07 Å². The Morgan fingerprint density at radius 1 is 1.22 bits per heavy atom. The summed E-state index contributed by atoms with van der Waals surface area (Å²) in [6, 6.07) is 10.7. The first-order valence-electron chi connectivity index (χ1n) is 5.99. The van der Waals surface area contributed by atoms with Crippen LogP contribution < -0.4 is 11.1 Å². The van der Waals surface area contributed by atoms with Crippen LogP contribution in [0.3, 0.4) is 0 Å². The van der Waals surface area contributed by atoms with Gasteiger partial charge in [-0.2, -0.15) is 4.98 Å². The van der Waals surface area contributed by atoms with Crippen LogP contribution in [0.25, 0.3) is 0 Å². The van der Waals surface area contributed by atoms with Crippen LogP contribution in [0.1, 0.15) is 18.9 Å². The molecule has 1 unspecified atom stereocenters. The lowest BCUT2D eigenvalue weighted by Crippen LogP contribution is -2.18. The summed E-state index contributed by atoms with van der Waals surface area (Å²) in [6.07, 6.45) is 3.44. The van der Waals surface area contributed by atoms with Crippen LogP contribution in [0.15, 0.2) is 36.7 Å². The minimum atomic E-state index is 0.239. The van der Waals surface area contributed by atoms with Crippen molar-refractivity contribution in [2.75, 3.05) is 11.1 Å². The van der Waals surface area contributed by atoms with E-state index in [9.17, 15) is 0 Å². The van der Waals surface area contributed by atoms with Gasteiger partial charge in [-0.1, -0.05) is 30.3 Å². The molecule has 2 aromatic rings. The van der Waals surface area contributed by atoms with Gasteiger partial charge in [0, 0.05) is 6.04 Å². The van der Waals surface area contributed by atoms with Crippen LogP contribution >= 0.6 is 0 Å². The van der Waals surface area contributed by atoms with E-state index in [-0.39, 0.29) is 12.0 Å². The van der Waals surface area contributed by atoms with Gasteiger partial charge in [0.15, 0.2) is 0 Å². The third-order valence-electron chi connectivity index (χ3n) is 2.67. The van der Waals surface area contributed by atoms with Gasteiger partial charge < -0.3 is 11.1 Å². The lowest BCUT2D eigenvalue weighted by molar-refractivity contribution is 0.698. The van der Waals surface area contributed by atoms with Gasteiger partial charge >= 0.3 is 0 Å². The highest BCUT2D eigenvalue weighted by Gasteiger charge is 2.05. The zero-order valence-electron chi connectivity index (χ0n) is 10.4. The van der Waals surface area contributed by atoms with Crippen LogP contribution in [0.2, 0.25) is 0 Å². The van der Waals surface area contributed by atoms with Crippen molar-refractivity contribution in [3.05, 3.63) is 42.2 Å². The summed E-state index contributed by atoms with van der Waals surface area (Å²) in [7, 11) is 0. The first-order chi connectivity index (χ1) is 8.74. The average molecular weight is 243 g/mol. The van der Waals surface area contributed by atoms with Crippen LogP contribution in [0.4, 0.5) is 11.9 Å². The topological polar surface area (TPSA) is 76.7 Å². The van der Waals surface area contributed by atoms with Crippen molar-refractivity contribution in [1.29, 1.82) is 0 Å². The smallest absolute Gasteiger partial charge is 0.227 e. The van der Waals surface area contributed by atoms with E-state index < -0.39 is 0 Å². The zero-order valence-corrected chi connectivity index (χ0v) is 10.4. The largest absolute Gasteiger partial charge is 0.368 e. The molecule has 0 aliphatic carbocycles. The summed E-state index contributed by atoms with van der Waals surface area (Å²) in [5.74, 6) is 0.769. The fraction of sp³-hybridized carbons (Fsp3) is 0.308. The number of nitrogens with two attached hydrogens (primary N) is 1. The minimum Gasteiger partial charge on any atom is -0.368 e. The SMILES string of the molecule is CC(CCc1ccccc1)Nc1ncnc(N)n1. The molecule has 0 bridgehead atoms. The number of nitrogens with one attached hydrogen (secondary N) is 1. The maximum absolute atomic E-state index is 5.50. The molecule has 0 radical (unpaired) electrons. The predicted molar refractivity (Wildman–Crippen MR) is 72.1 cm³/mol. The lowest BCUT2D eigenvalue weighted by atomic mass is 10.1. The van der Waals surface area contributed by atoms with Gasteiger partial charge in [-0.3, -0.25) is 0 Å². The molecule has 1 aromatic carbocycles. The Bertz CT molecular complexity index is 486. The number of hydrogen-bond acceptors (Lipinski definition) is 5. The highest BCUT2D eigenvalue weighted by Crippen LogP contribution is 2.08. The molecule has 0 fully saturated rings. The van der Waals surface area contributed by atoms with Gasteiger partial charge in [-0.25, -0.2) is 9.97 Å². The van der Waals surface area contributed by atoms with Gasteiger partial charge in [0.2, 0.25) is 11.9 Å². The van der Waals surface area contributed by atoms with Gasteiger partial charge in [0.05, 0.1) is 0 Å². The molecule has 0 aliphatic heterocycles. The van der Waals surface area contributed by atoms with E-state index in [2.05, 4.69) is 51.5 Å². The van der Waals surface area contributed by atoms with E-state index in [1.165, 1.54) is 11.9 Å². The highest BCUT2D eigenvalue weighted by molar-refractivity contribution is 5.29. The molecule has 18 heavy (non-hydrogen) atoms. The molecule has 5 heteroatoms. The summed E-state index contributed by atoms with van der Waals surface area (Å²) < 4.78 is 0. The molecule has 0 saturated heterocycles. The Labute approximate surface area is 106 Å². The number of aromatic nitrogens is 3. The number of hydrogen-bond donors (Lipinski definition) is 2. The monoisotopic (exact) mass is 243 g/mol. The second kappa shape index (κ2) is 5.95. The van der Waals surface area contributed by atoms with Crippen LogP contribution in [-0.2, 0) is 6.42 Å². The third-order valence-corrected chi connectivity index (χ3v) is 2.67. The van der Waals surface area contributed by atoms with E-state index >= 15 is 0 Å². The van der Waals surface area contributed by atoms with Crippen molar-refractivity contribution in [2.24, 2.45) is 0 Å². The molecule has 2 rings (SSSR count). The van der Waals surface area contributed by atoms with E-state index in [0.29, 0.717) is 5.95 Å². The molecule has 3 N–H and O–H groups in total. The van der Waals surface area contributed by atoms with Gasteiger partial charge in [-0.15, -0.1) is 0 Å². The fourth-order valence-corrected chi connectivity index (χ4v) is 1.70. The van der Waals surface area contributed by atoms with Crippen LogP contribution in [0, 0.1) is 0 Å². The number of nitrogens with zero attached hydrogens (tertiary/aromatic N) is 3. The molecule has 0 aliphatic rings.